The standard InChI is InChI=1S/C19H27N5O7/c1-9(20)16(27)23-13(7-11-3-5-12(25)6-4-11)18(29)24-14(8-15(21)26)17(28)22-10(2)19(30)31/h3-6,9-10,13-14,25H,7-8,20H2,1-2H3,(H2,21,26)(H,22,28)(H,23,27)(H,24,29)(H,30,31). The Kier molecular flexibility index (Phi) is 9.41. The smallest absolute Gasteiger partial charge is 0.325 e. The predicted molar refractivity (Wildman–Crippen MR) is 108 cm³/mol. The van der Waals surface area contributed by atoms with Gasteiger partial charge in [-0.1, -0.05) is 12.1 Å². The third kappa shape index (κ3) is 8.70. The summed E-state index contributed by atoms with van der Waals surface area (Å²) in [7, 11) is 0. The molecule has 9 N–H and O–H groups in total. The third-order valence-corrected chi connectivity index (χ3v) is 4.19. The van der Waals surface area contributed by atoms with E-state index in [9.17, 15) is 29.1 Å². The van der Waals surface area contributed by atoms with Crippen molar-refractivity contribution in [3.63, 3.8) is 0 Å². The number of primary amides is 1. The number of nitrogens with one attached hydrogen (secondary N) is 3. The minimum atomic E-state index is -1.46. The van der Waals surface area contributed by atoms with E-state index in [4.69, 9.17) is 16.6 Å². The molecule has 1 rings (SSSR count). The maximum atomic E-state index is 12.8. The van der Waals surface area contributed by atoms with Crippen LogP contribution >= 0.6 is 0 Å². The lowest BCUT2D eigenvalue weighted by Gasteiger charge is -2.24. The second-order valence-electron chi connectivity index (χ2n) is 7.02. The topological polar surface area (TPSA) is 214 Å². The Bertz CT molecular complexity index is 825. The first-order valence-electron chi connectivity index (χ1n) is 9.36. The lowest BCUT2D eigenvalue weighted by atomic mass is 10.0. The Morgan fingerprint density at radius 1 is 0.903 bits per heavy atom. The molecule has 4 atom stereocenters. The lowest BCUT2D eigenvalue weighted by molar-refractivity contribution is -0.142. The number of aliphatic carboxylic acids is 1. The normalized spacial score (nSPS) is 14.4. The van der Waals surface area contributed by atoms with Crippen molar-refractivity contribution >= 4 is 29.6 Å². The molecule has 0 spiro atoms. The Morgan fingerprint density at radius 2 is 1.42 bits per heavy atom. The van der Waals surface area contributed by atoms with Gasteiger partial charge in [-0.25, -0.2) is 0 Å². The van der Waals surface area contributed by atoms with E-state index < -0.39 is 60.2 Å². The highest BCUT2D eigenvalue weighted by molar-refractivity contribution is 5.96. The van der Waals surface area contributed by atoms with Gasteiger partial charge in [-0.3, -0.25) is 24.0 Å². The average molecular weight is 437 g/mol. The minimum absolute atomic E-state index is 0.00936. The number of hydrogen-bond acceptors (Lipinski definition) is 7. The predicted octanol–water partition coefficient (Wildman–Crippen LogP) is -2.28. The number of rotatable bonds is 11. The summed E-state index contributed by atoms with van der Waals surface area (Å²) in [4.78, 5) is 59.5. The zero-order chi connectivity index (χ0) is 23.7. The molecule has 1 aromatic rings. The monoisotopic (exact) mass is 437 g/mol. The average Bonchev–Trinajstić information content (AvgIpc) is 2.67. The number of nitrogens with two attached hydrogens (primary N) is 2. The molecule has 0 aliphatic rings. The molecule has 0 fully saturated rings. The van der Waals surface area contributed by atoms with Crippen molar-refractivity contribution in [3.8, 4) is 5.75 Å². The second-order valence-corrected chi connectivity index (χ2v) is 7.02. The van der Waals surface area contributed by atoms with Crippen molar-refractivity contribution in [3.05, 3.63) is 29.8 Å². The summed E-state index contributed by atoms with van der Waals surface area (Å²) in [5.41, 5.74) is 11.3. The van der Waals surface area contributed by atoms with Crippen LogP contribution in [0.4, 0.5) is 0 Å². The Labute approximate surface area is 178 Å². The van der Waals surface area contributed by atoms with E-state index in [0.29, 0.717) is 5.56 Å². The number of carbonyl (C=O) groups excluding carboxylic acids is 4. The van der Waals surface area contributed by atoms with Gasteiger partial charge < -0.3 is 37.6 Å². The van der Waals surface area contributed by atoms with Crippen LogP contribution in [0.25, 0.3) is 0 Å². The summed E-state index contributed by atoms with van der Waals surface area (Å²) in [5, 5.41) is 25.2. The number of carbonyl (C=O) groups is 5. The Morgan fingerprint density at radius 3 is 1.90 bits per heavy atom. The number of phenols is 1. The molecule has 12 nitrogen and oxygen atoms in total. The van der Waals surface area contributed by atoms with E-state index >= 15 is 0 Å². The van der Waals surface area contributed by atoms with Gasteiger partial charge in [0.2, 0.25) is 23.6 Å². The molecule has 4 unspecified atom stereocenters. The van der Waals surface area contributed by atoms with Gasteiger partial charge >= 0.3 is 5.97 Å². The van der Waals surface area contributed by atoms with Crippen LogP contribution in [0.1, 0.15) is 25.8 Å². The molecule has 31 heavy (non-hydrogen) atoms. The fourth-order valence-corrected chi connectivity index (χ4v) is 2.44. The van der Waals surface area contributed by atoms with Crippen LogP contribution in [0, 0.1) is 0 Å². The molecule has 0 radical (unpaired) electrons. The van der Waals surface area contributed by atoms with Crippen molar-refractivity contribution < 1.29 is 34.2 Å². The van der Waals surface area contributed by atoms with Gasteiger partial charge in [0.05, 0.1) is 12.5 Å². The highest BCUT2D eigenvalue weighted by Crippen LogP contribution is 2.12. The van der Waals surface area contributed by atoms with Gasteiger partial charge in [-0.2, -0.15) is 0 Å². The van der Waals surface area contributed by atoms with E-state index in [1.54, 1.807) is 0 Å². The van der Waals surface area contributed by atoms with Crippen molar-refractivity contribution in [1.82, 2.24) is 16.0 Å². The quantitative estimate of drug-likeness (QED) is 0.200. The van der Waals surface area contributed by atoms with E-state index in [-0.39, 0.29) is 12.2 Å². The summed E-state index contributed by atoms with van der Waals surface area (Å²) < 4.78 is 0. The summed E-state index contributed by atoms with van der Waals surface area (Å²) in [6, 6.07) is 1.04. The van der Waals surface area contributed by atoms with Crippen LogP contribution in [0.5, 0.6) is 5.75 Å². The van der Waals surface area contributed by atoms with Gasteiger partial charge in [0.15, 0.2) is 0 Å². The zero-order valence-electron chi connectivity index (χ0n) is 17.1. The van der Waals surface area contributed by atoms with Crippen molar-refractivity contribution in [2.45, 2.75) is 50.9 Å². The number of aromatic hydroxyl groups is 1. The first kappa shape index (κ1) is 25.4. The van der Waals surface area contributed by atoms with Crippen LogP contribution in [0.3, 0.4) is 0 Å². The molecule has 0 aromatic heterocycles. The highest BCUT2D eigenvalue weighted by atomic mass is 16.4. The molecule has 0 saturated heterocycles. The number of carboxylic acid groups (broad SMARTS) is 1. The van der Waals surface area contributed by atoms with E-state index in [1.807, 2.05) is 0 Å². The van der Waals surface area contributed by atoms with Crippen molar-refractivity contribution in [2.24, 2.45) is 11.5 Å². The summed E-state index contributed by atoms with van der Waals surface area (Å²) >= 11 is 0. The molecule has 0 saturated carbocycles. The largest absolute Gasteiger partial charge is 0.508 e. The number of hydrogen-bond donors (Lipinski definition) is 7. The van der Waals surface area contributed by atoms with Gasteiger partial charge in [-0.15, -0.1) is 0 Å². The zero-order valence-corrected chi connectivity index (χ0v) is 17.1. The number of phenolic OH excluding ortho intramolecular Hbond substituents is 1. The Hall–Kier alpha value is -3.67. The molecule has 1 aromatic carbocycles. The molecule has 0 aliphatic heterocycles. The maximum absolute atomic E-state index is 12.8. The van der Waals surface area contributed by atoms with Crippen LogP contribution in [-0.4, -0.2) is 64.0 Å². The fourth-order valence-electron chi connectivity index (χ4n) is 2.44. The summed E-state index contributed by atoms with van der Waals surface area (Å²) in [5.74, 6) is -4.58. The van der Waals surface area contributed by atoms with E-state index in [2.05, 4.69) is 16.0 Å². The first-order chi connectivity index (χ1) is 14.4. The number of carboxylic acids is 1. The molecule has 0 heterocycles. The molecule has 4 amide bonds. The van der Waals surface area contributed by atoms with Crippen molar-refractivity contribution in [2.75, 3.05) is 0 Å². The van der Waals surface area contributed by atoms with Crippen molar-refractivity contribution in [1.29, 1.82) is 0 Å². The molecule has 0 aliphatic carbocycles. The SMILES string of the molecule is CC(N)C(=O)NC(Cc1ccc(O)cc1)C(=O)NC(CC(N)=O)C(=O)NC(C)C(=O)O. The molecule has 12 heteroatoms. The van der Waals surface area contributed by atoms with E-state index in [0.717, 1.165) is 0 Å². The van der Waals surface area contributed by atoms with E-state index in [1.165, 1.54) is 38.1 Å². The van der Waals surface area contributed by atoms with Gasteiger partial charge in [-0.05, 0) is 31.5 Å². The van der Waals surface area contributed by atoms with Gasteiger partial charge in [0.25, 0.3) is 0 Å². The van der Waals surface area contributed by atoms with Crippen LogP contribution in [0.2, 0.25) is 0 Å². The summed E-state index contributed by atoms with van der Waals surface area (Å²) in [6.45, 7) is 2.63. The highest BCUT2D eigenvalue weighted by Gasteiger charge is 2.30. The third-order valence-electron chi connectivity index (χ3n) is 4.19. The number of amides is 4. The summed E-state index contributed by atoms with van der Waals surface area (Å²) in [6.07, 6.45) is -0.599. The Balaban J connectivity index is 3.04. The number of benzene rings is 1. The maximum Gasteiger partial charge on any atom is 0.325 e. The first-order valence-corrected chi connectivity index (χ1v) is 9.36. The van der Waals surface area contributed by atoms with Gasteiger partial charge in [0.1, 0.15) is 23.9 Å². The molecular weight excluding hydrogens is 410 g/mol. The fraction of sp³-hybridized carbons (Fsp3) is 0.421. The molecular formula is C19H27N5O7. The molecule has 170 valence electrons. The minimum Gasteiger partial charge on any atom is -0.508 e. The van der Waals surface area contributed by atoms with Gasteiger partial charge in [0, 0.05) is 6.42 Å². The van der Waals surface area contributed by atoms with Crippen LogP contribution in [0.15, 0.2) is 24.3 Å². The van der Waals surface area contributed by atoms with Crippen LogP contribution < -0.4 is 27.4 Å². The van der Waals surface area contributed by atoms with Crippen LogP contribution in [-0.2, 0) is 30.4 Å². The second kappa shape index (κ2) is 11.5. The molecule has 0 bridgehead atoms. The lowest BCUT2D eigenvalue weighted by Crippen LogP contribution is -2.57.